The number of halogens is 3. The third-order valence-corrected chi connectivity index (χ3v) is 4.82. The van der Waals surface area contributed by atoms with Crippen molar-refractivity contribution in [2.75, 3.05) is 6.54 Å². The van der Waals surface area contributed by atoms with Crippen LogP contribution in [0, 0.1) is 5.92 Å². The molecular formula is C11H14F3N5S. The van der Waals surface area contributed by atoms with E-state index in [9.17, 15) is 13.2 Å². The maximum Gasteiger partial charge on any atom is 0.453 e. The summed E-state index contributed by atoms with van der Waals surface area (Å²) in [6.07, 6.45) is -0.422. The summed E-state index contributed by atoms with van der Waals surface area (Å²) >= 11 is 1.18. The smallest absolute Gasteiger partial charge is 0.330 e. The van der Waals surface area contributed by atoms with Gasteiger partial charge in [0.1, 0.15) is 5.01 Å². The van der Waals surface area contributed by atoms with E-state index in [4.69, 9.17) is 5.73 Å². The largest absolute Gasteiger partial charge is 0.453 e. The predicted molar refractivity (Wildman–Crippen MR) is 67.4 cm³/mol. The first-order valence-electron chi connectivity index (χ1n) is 6.50. The van der Waals surface area contributed by atoms with Gasteiger partial charge in [0.05, 0.1) is 0 Å². The quantitative estimate of drug-likeness (QED) is 0.925. The second-order valence-corrected chi connectivity index (χ2v) is 6.03. The molecule has 0 bridgehead atoms. The molecule has 0 saturated heterocycles. The van der Waals surface area contributed by atoms with Crippen LogP contribution in [0.2, 0.25) is 0 Å². The van der Waals surface area contributed by atoms with Gasteiger partial charge in [-0.05, 0) is 25.3 Å². The van der Waals surface area contributed by atoms with E-state index in [2.05, 4.69) is 15.3 Å². The molecule has 5 nitrogen and oxygen atoms in total. The number of aromatic nitrogens is 4. The molecule has 2 N–H and O–H groups in total. The third-order valence-electron chi connectivity index (χ3n) is 3.79. The molecule has 2 unspecified atom stereocenters. The fourth-order valence-corrected chi connectivity index (χ4v) is 3.84. The molecule has 2 aromatic rings. The highest BCUT2D eigenvalue weighted by Gasteiger charge is 2.39. The summed E-state index contributed by atoms with van der Waals surface area (Å²) in [7, 11) is 0. The van der Waals surface area contributed by atoms with Crippen LogP contribution in [-0.2, 0) is 6.18 Å². The van der Waals surface area contributed by atoms with Gasteiger partial charge in [0.2, 0.25) is 4.96 Å². The average Bonchev–Trinajstić information content (AvgIpc) is 2.96. The minimum absolute atomic E-state index is 0.140. The lowest BCUT2D eigenvalue weighted by Crippen LogP contribution is -2.25. The summed E-state index contributed by atoms with van der Waals surface area (Å²) in [5.74, 6) is -0.626. The van der Waals surface area contributed by atoms with Crippen molar-refractivity contribution in [2.24, 2.45) is 11.7 Å². The number of hydrogen-bond donors (Lipinski definition) is 1. The SMILES string of the molecule is NCC1CCCCC1c1nn2c(C(F)(F)F)nnc2s1. The minimum atomic E-state index is -4.54. The van der Waals surface area contributed by atoms with Gasteiger partial charge in [-0.25, -0.2) is 0 Å². The Hall–Kier alpha value is -1.22. The van der Waals surface area contributed by atoms with Crippen molar-refractivity contribution in [3.05, 3.63) is 10.8 Å². The van der Waals surface area contributed by atoms with Crippen LogP contribution < -0.4 is 5.73 Å². The Kier molecular flexibility index (Phi) is 3.41. The molecule has 1 saturated carbocycles. The van der Waals surface area contributed by atoms with Gasteiger partial charge in [0.25, 0.3) is 5.82 Å². The normalized spacial score (nSPS) is 24.4. The van der Waals surface area contributed by atoms with Gasteiger partial charge in [0, 0.05) is 5.92 Å². The Morgan fingerprint density at radius 1 is 1.25 bits per heavy atom. The van der Waals surface area contributed by atoms with Gasteiger partial charge in [0.15, 0.2) is 0 Å². The number of hydrogen-bond acceptors (Lipinski definition) is 5. The number of nitrogens with zero attached hydrogens (tertiary/aromatic N) is 4. The Bertz CT molecular complexity index is 605. The van der Waals surface area contributed by atoms with Crippen molar-refractivity contribution in [3.63, 3.8) is 0 Å². The number of rotatable bonds is 2. The molecule has 9 heteroatoms. The van der Waals surface area contributed by atoms with Crippen LogP contribution in [0.15, 0.2) is 0 Å². The highest BCUT2D eigenvalue weighted by Crippen LogP contribution is 2.39. The highest BCUT2D eigenvalue weighted by molar-refractivity contribution is 7.16. The summed E-state index contributed by atoms with van der Waals surface area (Å²) in [6, 6.07) is 0. The molecule has 1 fully saturated rings. The van der Waals surface area contributed by atoms with E-state index in [1.807, 2.05) is 0 Å². The summed E-state index contributed by atoms with van der Waals surface area (Å²) in [5.41, 5.74) is 5.76. The molecule has 20 heavy (non-hydrogen) atoms. The molecule has 3 rings (SSSR count). The zero-order chi connectivity index (χ0) is 14.3. The molecule has 0 amide bonds. The lowest BCUT2D eigenvalue weighted by molar-refractivity contribution is -0.146. The maximum atomic E-state index is 12.8. The van der Waals surface area contributed by atoms with E-state index in [0.717, 1.165) is 30.2 Å². The van der Waals surface area contributed by atoms with E-state index in [-0.39, 0.29) is 10.9 Å². The van der Waals surface area contributed by atoms with Gasteiger partial charge >= 0.3 is 6.18 Å². The lowest BCUT2D eigenvalue weighted by Gasteiger charge is -2.28. The van der Waals surface area contributed by atoms with E-state index < -0.39 is 12.0 Å². The molecule has 1 aliphatic rings. The molecule has 0 aliphatic heterocycles. The van der Waals surface area contributed by atoms with Crippen molar-refractivity contribution in [1.29, 1.82) is 0 Å². The van der Waals surface area contributed by atoms with Crippen LogP contribution in [-0.4, -0.2) is 26.4 Å². The van der Waals surface area contributed by atoms with Crippen LogP contribution in [0.25, 0.3) is 4.96 Å². The van der Waals surface area contributed by atoms with Gasteiger partial charge in [-0.3, -0.25) is 0 Å². The fraction of sp³-hybridized carbons (Fsp3) is 0.727. The van der Waals surface area contributed by atoms with Crippen molar-refractivity contribution in [1.82, 2.24) is 19.8 Å². The predicted octanol–water partition coefficient (Wildman–Crippen LogP) is 2.44. The topological polar surface area (TPSA) is 69.1 Å². The van der Waals surface area contributed by atoms with Crippen LogP contribution in [0.3, 0.4) is 0 Å². The van der Waals surface area contributed by atoms with E-state index in [0.29, 0.717) is 17.5 Å². The molecule has 2 aromatic heterocycles. The molecule has 2 heterocycles. The van der Waals surface area contributed by atoms with Crippen LogP contribution in [0.1, 0.15) is 42.4 Å². The molecule has 0 radical (unpaired) electrons. The monoisotopic (exact) mass is 305 g/mol. The Labute approximate surface area is 117 Å². The van der Waals surface area contributed by atoms with E-state index >= 15 is 0 Å². The van der Waals surface area contributed by atoms with Crippen LogP contribution >= 0.6 is 11.3 Å². The first kappa shape index (κ1) is 13.7. The van der Waals surface area contributed by atoms with Crippen molar-refractivity contribution in [2.45, 2.75) is 37.8 Å². The molecule has 110 valence electrons. The second kappa shape index (κ2) is 4.96. The van der Waals surface area contributed by atoms with E-state index in [1.165, 1.54) is 11.3 Å². The third kappa shape index (κ3) is 2.28. The van der Waals surface area contributed by atoms with Gasteiger partial charge < -0.3 is 5.73 Å². The zero-order valence-corrected chi connectivity index (χ0v) is 11.4. The molecular weight excluding hydrogens is 291 g/mol. The standard InChI is InChI=1S/C11H14F3N5S/c12-11(13,14)9-16-17-10-19(9)18-8(20-10)7-4-2-1-3-6(7)5-15/h6-7H,1-5,15H2. The summed E-state index contributed by atoms with van der Waals surface area (Å²) in [5, 5.41) is 11.5. The minimum Gasteiger partial charge on any atom is -0.330 e. The van der Waals surface area contributed by atoms with Crippen molar-refractivity contribution < 1.29 is 13.2 Å². The molecule has 0 aromatic carbocycles. The first-order valence-corrected chi connectivity index (χ1v) is 7.31. The van der Waals surface area contributed by atoms with Gasteiger partial charge in [-0.15, -0.1) is 10.2 Å². The van der Waals surface area contributed by atoms with E-state index in [1.54, 1.807) is 0 Å². The fourth-order valence-electron chi connectivity index (χ4n) is 2.77. The number of nitrogens with two attached hydrogens (primary N) is 1. The lowest BCUT2D eigenvalue weighted by atomic mass is 9.80. The van der Waals surface area contributed by atoms with Crippen molar-refractivity contribution in [3.8, 4) is 0 Å². The summed E-state index contributed by atoms with van der Waals surface area (Å²) in [6.45, 7) is 0.539. The Morgan fingerprint density at radius 3 is 2.70 bits per heavy atom. The molecule has 1 aliphatic carbocycles. The zero-order valence-electron chi connectivity index (χ0n) is 10.6. The number of alkyl halides is 3. The highest BCUT2D eigenvalue weighted by atomic mass is 32.1. The summed E-state index contributed by atoms with van der Waals surface area (Å²) in [4.78, 5) is 0.189. The summed E-state index contributed by atoms with van der Waals surface area (Å²) < 4.78 is 39.1. The average molecular weight is 305 g/mol. The van der Waals surface area contributed by atoms with Crippen LogP contribution in [0.5, 0.6) is 0 Å². The Morgan fingerprint density at radius 2 is 2.00 bits per heavy atom. The molecule has 0 spiro atoms. The van der Waals surface area contributed by atoms with Crippen LogP contribution in [0.4, 0.5) is 13.2 Å². The van der Waals surface area contributed by atoms with Gasteiger partial charge in [-0.1, -0.05) is 24.2 Å². The maximum absolute atomic E-state index is 12.8. The van der Waals surface area contributed by atoms with Crippen molar-refractivity contribution >= 4 is 16.3 Å². The number of fused-ring (bicyclic) bond motifs is 1. The Balaban J connectivity index is 1.98. The second-order valence-electron chi connectivity index (χ2n) is 5.04. The molecule has 2 atom stereocenters. The first-order chi connectivity index (χ1) is 9.50. The van der Waals surface area contributed by atoms with Gasteiger partial charge in [-0.2, -0.15) is 22.8 Å².